The van der Waals surface area contributed by atoms with Crippen LogP contribution in [0.2, 0.25) is 0 Å². The first-order chi connectivity index (χ1) is 14.1. The van der Waals surface area contributed by atoms with Crippen molar-refractivity contribution in [3.05, 3.63) is 72.1 Å². The molecule has 3 aromatic rings. The quantitative estimate of drug-likeness (QED) is 0.454. The number of carbonyl (C=O) groups is 1. The minimum atomic E-state index is -0.392. The van der Waals surface area contributed by atoms with Crippen molar-refractivity contribution in [1.29, 1.82) is 0 Å². The van der Waals surface area contributed by atoms with Gasteiger partial charge in [-0.15, -0.1) is 4.68 Å². The Hall–Kier alpha value is -3.21. The average Bonchev–Trinajstić information content (AvgIpc) is 3.09. The van der Waals surface area contributed by atoms with Crippen LogP contribution >= 0.6 is 0 Å². The molecule has 0 spiro atoms. The maximum absolute atomic E-state index is 12.7. The predicted molar refractivity (Wildman–Crippen MR) is 123 cm³/mol. The highest BCUT2D eigenvalue weighted by Gasteiger charge is 2.27. The summed E-state index contributed by atoms with van der Waals surface area (Å²) in [6.07, 6.45) is 5.66. The summed E-state index contributed by atoms with van der Waals surface area (Å²) in [6, 6.07) is 16.5. The lowest BCUT2D eigenvalue weighted by Crippen LogP contribution is -2.42. The zero-order valence-corrected chi connectivity index (χ0v) is 18.8. The summed E-state index contributed by atoms with van der Waals surface area (Å²) in [7, 11) is 4.04. The first kappa shape index (κ1) is 21.5. The van der Waals surface area contributed by atoms with E-state index in [9.17, 15) is 4.79 Å². The highest BCUT2D eigenvalue weighted by Crippen LogP contribution is 2.19. The van der Waals surface area contributed by atoms with Gasteiger partial charge in [-0.05, 0) is 36.8 Å². The number of hydrogen-bond donors (Lipinski definition) is 0. The van der Waals surface area contributed by atoms with E-state index in [4.69, 9.17) is 0 Å². The fourth-order valence-corrected chi connectivity index (χ4v) is 3.02. The molecule has 30 heavy (non-hydrogen) atoms. The van der Waals surface area contributed by atoms with Gasteiger partial charge in [-0.1, -0.05) is 55.7 Å². The molecule has 0 fully saturated rings. The lowest BCUT2D eigenvalue weighted by atomic mass is 9.91. The van der Waals surface area contributed by atoms with Crippen LogP contribution in [-0.4, -0.2) is 30.8 Å². The summed E-state index contributed by atoms with van der Waals surface area (Å²) in [5.74, 6) is 1.07. The molecule has 2 aromatic carbocycles. The van der Waals surface area contributed by atoms with E-state index < -0.39 is 5.41 Å². The first-order valence-electron chi connectivity index (χ1n) is 10.2. The molecule has 0 amide bonds. The van der Waals surface area contributed by atoms with Crippen molar-refractivity contribution in [1.82, 2.24) is 4.68 Å². The van der Waals surface area contributed by atoms with Crippen LogP contribution in [0.1, 0.15) is 31.9 Å². The predicted octanol–water partition coefficient (Wildman–Crippen LogP) is 4.31. The molecule has 5 nitrogen and oxygen atoms in total. The van der Waals surface area contributed by atoms with Crippen molar-refractivity contribution in [2.75, 3.05) is 19.0 Å². The van der Waals surface area contributed by atoms with Gasteiger partial charge in [0.05, 0.1) is 11.8 Å². The Kier molecular flexibility index (Phi) is 6.20. The Morgan fingerprint density at radius 2 is 1.70 bits per heavy atom. The third kappa shape index (κ3) is 5.03. The number of anilines is 1. The molecule has 0 bridgehead atoms. The van der Waals surface area contributed by atoms with Crippen LogP contribution in [0.3, 0.4) is 0 Å². The summed E-state index contributed by atoms with van der Waals surface area (Å²) in [4.78, 5) is 14.7. The van der Waals surface area contributed by atoms with Gasteiger partial charge in [0.2, 0.25) is 0 Å². The van der Waals surface area contributed by atoms with Crippen LogP contribution in [0.25, 0.3) is 11.4 Å². The van der Waals surface area contributed by atoms with Gasteiger partial charge in [0.15, 0.2) is 12.0 Å². The molecule has 1 heterocycles. The molecule has 3 rings (SSSR count). The molecule has 0 radical (unpaired) electrons. The third-order valence-electron chi connectivity index (χ3n) is 5.08. The van der Waals surface area contributed by atoms with Gasteiger partial charge in [0, 0.05) is 25.2 Å². The monoisotopic (exact) mass is 403 g/mol. The maximum Gasteiger partial charge on any atom is 0.314 e. The minimum absolute atomic E-state index is 0.182. The molecule has 0 aliphatic carbocycles. The van der Waals surface area contributed by atoms with Crippen molar-refractivity contribution < 1.29 is 9.36 Å². The molecule has 0 atom stereocenters. The number of hydrogen-bond acceptors (Lipinski definition) is 3. The Bertz CT molecular complexity index is 1040. The highest BCUT2D eigenvalue weighted by atomic mass is 16.1. The van der Waals surface area contributed by atoms with Crippen molar-refractivity contribution in [3.63, 3.8) is 0 Å². The van der Waals surface area contributed by atoms with Crippen LogP contribution in [0.5, 0.6) is 0 Å². The summed E-state index contributed by atoms with van der Waals surface area (Å²) >= 11 is 0. The smallest absolute Gasteiger partial charge is 0.314 e. The molecule has 0 saturated carbocycles. The molecule has 0 saturated heterocycles. The van der Waals surface area contributed by atoms with E-state index in [0.29, 0.717) is 6.54 Å². The molecule has 5 heteroatoms. The average molecular weight is 404 g/mol. The number of carbonyl (C=O) groups excluding carboxylic acids is 1. The number of Topliss-reactive ketones (excluding diaryl/α,β-unsaturated/α-hetero) is 1. The Balaban J connectivity index is 1.97. The van der Waals surface area contributed by atoms with E-state index in [1.165, 1.54) is 5.56 Å². The fraction of sp³-hybridized carbons (Fsp3) is 0.320. The molecule has 0 unspecified atom stereocenters. The lowest BCUT2D eigenvalue weighted by Gasteiger charge is -2.15. The van der Waals surface area contributed by atoms with Gasteiger partial charge in [-0.2, -0.15) is 0 Å². The van der Waals surface area contributed by atoms with Gasteiger partial charge < -0.3 is 4.90 Å². The molecule has 0 N–H and O–H groups in total. The zero-order valence-electron chi connectivity index (χ0n) is 18.8. The number of aryl methyl sites for hydroxylation is 1. The van der Waals surface area contributed by atoms with Gasteiger partial charge in [-0.3, -0.25) is 4.79 Å². The van der Waals surface area contributed by atoms with E-state index in [1.807, 2.05) is 74.9 Å². The van der Waals surface area contributed by atoms with E-state index in [0.717, 1.165) is 22.6 Å². The Morgan fingerprint density at radius 1 is 1.07 bits per heavy atom. The molecular formula is C25H31N4O+. The number of nitrogens with zero attached hydrogens (tertiary/aromatic N) is 4. The van der Waals surface area contributed by atoms with Gasteiger partial charge in [0.1, 0.15) is 12.7 Å². The normalized spacial score (nSPS) is 11.8. The first-order valence-corrected chi connectivity index (χ1v) is 10.2. The largest absolute Gasteiger partial charge is 0.378 e. The van der Waals surface area contributed by atoms with Crippen molar-refractivity contribution in [2.24, 2.45) is 10.5 Å². The van der Waals surface area contributed by atoms with Crippen LogP contribution in [0, 0.1) is 12.3 Å². The number of rotatable bonds is 6. The summed E-state index contributed by atoms with van der Waals surface area (Å²) < 4.78 is 3.81. The van der Waals surface area contributed by atoms with Crippen LogP contribution in [0.4, 0.5) is 5.69 Å². The Morgan fingerprint density at radius 3 is 2.27 bits per heavy atom. The minimum Gasteiger partial charge on any atom is -0.378 e. The topological polar surface area (TPSA) is 41.5 Å². The lowest BCUT2D eigenvalue weighted by molar-refractivity contribution is -0.673. The third-order valence-corrected chi connectivity index (χ3v) is 5.08. The van der Waals surface area contributed by atoms with Crippen molar-refractivity contribution in [2.45, 2.75) is 34.2 Å². The summed E-state index contributed by atoms with van der Waals surface area (Å²) in [5, 5.41) is 4.69. The molecule has 1 aromatic heterocycles. The molecule has 156 valence electrons. The van der Waals surface area contributed by atoms with E-state index in [-0.39, 0.29) is 5.78 Å². The molecule has 0 aliphatic rings. The van der Waals surface area contributed by atoms with E-state index in [2.05, 4.69) is 53.3 Å². The number of aromatic nitrogens is 2. The second kappa shape index (κ2) is 8.66. The fourth-order valence-electron chi connectivity index (χ4n) is 3.02. The van der Waals surface area contributed by atoms with Crippen molar-refractivity contribution >= 4 is 17.7 Å². The van der Waals surface area contributed by atoms with Gasteiger partial charge >= 0.3 is 5.82 Å². The van der Waals surface area contributed by atoms with E-state index >= 15 is 0 Å². The SMILES string of the molecule is Cc1ccc(-c2n(/N=C\c3ccc(N(C)C)cc3)cc[n+]2CC(=O)C(C)(C)C)cc1. The van der Waals surface area contributed by atoms with E-state index in [1.54, 1.807) is 0 Å². The standard InChI is InChI=1S/C25H31N4O/c1-19-7-11-21(12-8-19)24-28(18-23(30)25(2,3)4)15-16-29(24)26-17-20-9-13-22(14-10-20)27(5)6/h7-17H,18H2,1-6H3/q+1/b26-17-. The van der Waals surface area contributed by atoms with Gasteiger partial charge in [-0.25, -0.2) is 4.57 Å². The maximum atomic E-state index is 12.7. The number of benzene rings is 2. The van der Waals surface area contributed by atoms with Crippen molar-refractivity contribution in [3.8, 4) is 11.4 Å². The highest BCUT2D eigenvalue weighted by molar-refractivity contribution is 5.82. The second-order valence-electron chi connectivity index (χ2n) is 8.86. The number of ketones is 1. The molecular weight excluding hydrogens is 372 g/mol. The Labute approximate surface area is 179 Å². The number of imidazole rings is 1. The summed E-state index contributed by atoms with van der Waals surface area (Å²) in [6.45, 7) is 8.23. The van der Waals surface area contributed by atoms with Gasteiger partial charge in [0.25, 0.3) is 0 Å². The zero-order chi connectivity index (χ0) is 21.9. The summed E-state index contributed by atoms with van der Waals surface area (Å²) in [5.41, 5.74) is 3.98. The van der Waals surface area contributed by atoms with Crippen LogP contribution < -0.4 is 9.47 Å². The second-order valence-corrected chi connectivity index (χ2v) is 8.86. The van der Waals surface area contributed by atoms with Crippen LogP contribution in [-0.2, 0) is 11.3 Å². The molecule has 0 aliphatic heterocycles. The van der Waals surface area contributed by atoms with Crippen LogP contribution in [0.15, 0.2) is 66.0 Å².